The van der Waals surface area contributed by atoms with E-state index in [0.29, 0.717) is 18.4 Å². The van der Waals surface area contributed by atoms with Crippen molar-refractivity contribution >= 4 is 22.6 Å². The zero-order valence-corrected chi connectivity index (χ0v) is 16.6. The smallest absolute Gasteiger partial charge is 0.239 e. The van der Waals surface area contributed by atoms with E-state index >= 15 is 0 Å². The standard InChI is InChI=1S/C21H25N7O/c1-14-3-2-7-27(14)13-21(29)24-19-10-16-9-15(4-5-17(16)25-26-19)18-11-23-20-12-22-6-8-28(18)20/h4-5,9-11,14,22H,2-3,6-8,12-13H2,1H3,(H,24,26,29). The molecule has 8 heteroatoms. The van der Waals surface area contributed by atoms with Gasteiger partial charge in [-0.05, 0) is 44.5 Å². The number of nitrogens with one attached hydrogen (secondary N) is 2. The molecular weight excluding hydrogens is 366 g/mol. The van der Waals surface area contributed by atoms with Crippen LogP contribution in [-0.2, 0) is 17.9 Å². The number of carbonyl (C=O) groups is 1. The SMILES string of the molecule is CC1CCCN1CC(=O)Nc1cc2cc(-c3cnc4n3CCNC4)ccc2nn1. The van der Waals surface area contributed by atoms with Gasteiger partial charge >= 0.3 is 0 Å². The molecule has 2 aliphatic rings. The van der Waals surface area contributed by atoms with Crippen LogP contribution in [0.3, 0.4) is 0 Å². The second kappa shape index (κ2) is 7.53. The van der Waals surface area contributed by atoms with Gasteiger partial charge in [0.2, 0.25) is 5.91 Å². The van der Waals surface area contributed by atoms with Gasteiger partial charge in [0, 0.05) is 30.1 Å². The maximum Gasteiger partial charge on any atom is 0.239 e. The minimum atomic E-state index is -0.0408. The summed E-state index contributed by atoms with van der Waals surface area (Å²) in [6, 6.07) is 8.47. The Morgan fingerprint density at radius 2 is 2.21 bits per heavy atom. The lowest BCUT2D eigenvalue weighted by atomic mass is 10.1. The fourth-order valence-corrected chi connectivity index (χ4v) is 4.29. The van der Waals surface area contributed by atoms with E-state index < -0.39 is 0 Å². The molecule has 0 aliphatic carbocycles. The average Bonchev–Trinajstić information content (AvgIpc) is 3.34. The Labute approximate surface area is 169 Å². The Balaban J connectivity index is 1.38. The third kappa shape index (κ3) is 3.61. The molecule has 3 aromatic rings. The van der Waals surface area contributed by atoms with Crippen LogP contribution in [0.15, 0.2) is 30.5 Å². The second-order valence-electron chi connectivity index (χ2n) is 7.90. The summed E-state index contributed by atoms with van der Waals surface area (Å²) in [5, 5.41) is 15.7. The number of aromatic nitrogens is 4. The molecule has 2 N–H and O–H groups in total. The number of anilines is 1. The van der Waals surface area contributed by atoms with Crippen LogP contribution >= 0.6 is 0 Å². The van der Waals surface area contributed by atoms with E-state index in [0.717, 1.165) is 67.0 Å². The molecule has 1 atom stereocenters. The first-order valence-corrected chi connectivity index (χ1v) is 10.2. The fraction of sp³-hybridized carbons (Fsp3) is 0.429. The summed E-state index contributed by atoms with van der Waals surface area (Å²) >= 11 is 0. The van der Waals surface area contributed by atoms with E-state index in [1.54, 1.807) is 0 Å². The number of carbonyl (C=O) groups excluding carboxylic acids is 1. The highest BCUT2D eigenvalue weighted by Crippen LogP contribution is 2.26. The number of imidazole rings is 1. The summed E-state index contributed by atoms with van der Waals surface area (Å²) in [4.78, 5) is 19.2. The molecule has 150 valence electrons. The predicted molar refractivity (Wildman–Crippen MR) is 111 cm³/mol. The Kier molecular flexibility index (Phi) is 4.73. The molecule has 4 heterocycles. The second-order valence-corrected chi connectivity index (χ2v) is 7.90. The molecule has 1 saturated heterocycles. The highest BCUT2D eigenvalue weighted by atomic mass is 16.2. The van der Waals surface area contributed by atoms with Crippen LogP contribution in [0.2, 0.25) is 0 Å². The van der Waals surface area contributed by atoms with Crippen LogP contribution in [0.25, 0.3) is 22.2 Å². The van der Waals surface area contributed by atoms with Crippen molar-refractivity contribution in [1.29, 1.82) is 0 Å². The van der Waals surface area contributed by atoms with Gasteiger partial charge in [-0.15, -0.1) is 10.2 Å². The van der Waals surface area contributed by atoms with Gasteiger partial charge in [-0.2, -0.15) is 0 Å². The molecule has 0 radical (unpaired) electrons. The summed E-state index contributed by atoms with van der Waals surface area (Å²) in [7, 11) is 0. The predicted octanol–water partition coefficient (Wildman–Crippen LogP) is 2.02. The zero-order valence-electron chi connectivity index (χ0n) is 16.6. The molecule has 0 bridgehead atoms. The number of hydrogen-bond donors (Lipinski definition) is 2. The third-order valence-electron chi connectivity index (χ3n) is 5.92. The molecule has 1 fully saturated rings. The first-order chi connectivity index (χ1) is 14.2. The Bertz CT molecular complexity index is 1060. The minimum Gasteiger partial charge on any atom is -0.326 e. The van der Waals surface area contributed by atoms with Gasteiger partial charge < -0.3 is 15.2 Å². The first-order valence-electron chi connectivity index (χ1n) is 10.2. The van der Waals surface area contributed by atoms with E-state index in [-0.39, 0.29) is 5.91 Å². The lowest BCUT2D eigenvalue weighted by Gasteiger charge is -2.19. The normalized spacial score (nSPS) is 19.4. The van der Waals surface area contributed by atoms with E-state index in [1.165, 1.54) is 0 Å². The topological polar surface area (TPSA) is 88.0 Å². The van der Waals surface area contributed by atoms with Crippen LogP contribution in [0.1, 0.15) is 25.6 Å². The molecule has 2 aromatic heterocycles. The van der Waals surface area contributed by atoms with Crippen molar-refractivity contribution in [3.05, 3.63) is 36.3 Å². The summed E-state index contributed by atoms with van der Waals surface area (Å²) in [5.41, 5.74) is 3.00. The number of hydrogen-bond acceptors (Lipinski definition) is 6. The number of nitrogens with zero attached hydrogens (tertiary/aromatic N) is 5. The van der Waals surface area contributed by atoms with Gasteiger partial charge in [-0.3, -0.25) is 9.69 Å². The highest BCUT2D eigenvalue weighted by Gasteiger charge is 2.22. The number of rotatable bonds is 4. The number of fused-ring (bicyclic) bond motifs is 2. The van der Waals surface area contributed by atoms with Gasteiger partial charge in [0.1, 0.15) is 5.82 Å². The van der Waals surface area contributed by atoms with Crippen molar-refractivity contribution in [2.75, 3.05) is 25.0 Å². The molecule has 1 amide bonds. The highest BCUT2D eigenvalue weighted by molar-refractivity contribution is 5.93. The van der Waals surface area contributed by atoms with E-state index in [1.807, 2.05) is 18.3 Å². The molecule has 5 rings (SSSR count). The van der Waals surface area contributed by atoms with Crippen molar-refractivity contribution in [2.45, 2.75) is 38.9 Å². The van der Waals surface area contributed by atoms with Crippen molar-refractivity contribution in [2.24, 2.45) is 0 Å². The summed E-state index contributed by atoms with van der Waals surface area (Å²) in [5.74, 6) is 1.51. The summed E-state index contributed by atoms with van der Waals surface area (Å²) in [6.45, 7) is 6.20. The third-order valence-corrected chi connectivity index (χ3v) is 5.92. The van der Waals surface area contributed by atoms with Crippen molar-refractivity contribution in [1.82, 2.24) is 30.0 Å². The lowest BCUT2D eigenvalue weighted by molar-refractivity contribution is -0.117. The van der Waals surface area contributed by atoms with Crippen LogP contribution in [0.5, 0.6) is 0 Å². The number of benzene rings is 1. The van der Waals surface area contributed by atoms with Gasteiger partial charge in [-0.1, -0.05) is 6.07 Å². The van der Waals surface area contributed by atoms with Crippen LogP contribution in [0.4, 0.5) is 5.82 Å². The Hall–Kier alpha value is -2.84. The number of amides is 1. The molecule has 0 spiro atoms. The molecular formula is C21H25N7O. The first kappa shape index (κ1) is 18.2. The van der Waals surface area contributed by atoms with E-state index in [2.05, 4.69) is 54.3 Å². The zero-order chi connectivity index (χ0) is 19.8. The molecule has 8 nitrogen and oxygen atoms in total. The van der Waals surface area contributed by atoms with Crippen LogP contribution in [0, 0.1) is 0 Å². The van der Waals surface area contributed by atoms with E-state index in [4.69, 9.17) is 0 Å². The monoisotopic (exact) mass is 391 g/mol. The van der Waals surface area contributed by atoms with Gasteiger partial charge in [0.25, 0.3) is 0 Å². The van der Waals surface area contributed by atoms with Crippen molar-refractivity contribution < 1.29 is 4.79 Å². The molecule has 2 aliphatic heterocycles. The molecule has 29 heavy (non-hydrogen) atoms. The van der Waals surface area contributed by atoms with Crippen molar-refractivity contribution in [3.8, 4) is 11.3 Å². The molecule has 1 unspecified atom stereocenters. The molecule has 0 saturated carbocycles. The maximum atomic E-state index is 12.4. The maximum absolute atomic E-state index is 12.4. The lowest BCUT2D eigenvalue weighted by Crippen LogP contribution is -2.35. The summed E-state index contributed by atoms with van der Waals surface area (Å²) < 4.78 is 2.26. The van der Waals surface area contributed by atoms with Crippen LogP contribution < -0.4 is 10.6 Å². The Morgan fingerprint density at radius 3 is 3.07 bits per heavy atom. The minimum absolute atomic E-state index is 0.0408. The van der Waals surface area contributed by atoms with Gasteiger partial charge in [-0.25, -0.2) is 4.98 Å². The fourth-order valence-electron chi connectivity index (χ4n) is 4.29. The average molecular weight is 391 g/mol. The quantitative estimate of drug-likeness (QED) is 0.708. The van der Waals surface area contributed by atoms with E-state index in [9.17, 15) is 4.79 Å². The van der Waals surface area contributed by atoms with Crippen LogP contribution in [-0.4, -0.2) is 56.2 Å². The van der Waals surface area contributed by atoms with Gasteiger partial charge in [0.05, 0.1) is 30.5 Å². The van der Waals surface area contributed by atoms with Crippen molar-refractivity contribution in [3.63, 3.8) is 0 Å². The number of likely N-dealkylation sites (tertiary alicyclic amines) is 1. The Morgan fingerprint density at radius 1 is 1.28 bits per heavy atom. The largest absolute Gasteiger partial charge is 0.326 e. The summed E-state index contributed by atoms with van der Waals surface area (Å²) in [6.07, 6.45) is 4.24. The van der Waals surface area contributed by atoms with Gasteiger partial charge in [0.15, 0.2) is 5.82 Å². The molecule has 1 aromatic carbocycles.